The summed E-state index contributed by atoms with van der Waals surface area (Å²) < 4.78 is 6.69. The van der Waals surface area contributed by atoms with Crippen LogP contribution in [0.2, 0.25) is 0 Å². The Morgan fingerprint density at radius 1 is 1.47 bits per heavy atom. The van der Waals surface area contributed by atoms with Crippen molar-refractivity contribution >= 4 is 12.0 Å². The summed E-state index contributed by atoms with van der Waals surface area (Å²) in [5, 5.41) is 9.21. The molecule has 0 radical (unpaired) electrons. The molecule has 0 atom stereocenters. The molecule has 17 heavy (non-hydrogen) atoms. The highest BCUT2D eigenvalue weighted by atomic mass is 16.4. The van der Waals surface area contributed by atoms with Crippen LogP contribution in [0.15, 0.2) is 35.3 Å². The third kappa shape index (κ3) is 3.63. The summed E-state index contributed by atoms with van der Waals surface area (Å²) in [6, 6.07) is 1.73. The van der Waals surface area contributed by atoms with Crippen LogP contribution in [0.4, 0.5) is 10.8 Å². The van der Waals surface area contributed by atoms with Crippen LogP contribution in [0.1, 0.15) is 6.42 Å². The normalized spacial score (nSPS) is 10.1. The first-order valence-electron chi connectivity index (χ1n) is 5.26. The molecule has 2 aromatic rings. The molecular weight excluding hydrogens is 222 g/mol. The van der Waals surface area contributed by atoms with Gasteiger partial charge >= 0.3 is 12.0 Å². The van der Waals surface area contributed by atoms with E-state index >= 15 is 0 Å². The molecule has 2 amide bonds. The molecule has 2 N–H and O–H groups in total. The van der Waals surface area contributed by atoms with Gasteiger partial charge in [-0.05, 0) is 12.5 Å². The molecule has 90 valence electrons. The minimum absolute atomic E-state index is 0.189. The zero-order valence-corrected chi connectivity index (χ0v) is 9.17. The maximum Gasteiger partial charge on any atom is 0.322 e. The zero-order valence-electron chi connectivity index (χ0n) is 9.17. The molecule has 0 spiro atoms. The minimum atomic E-state index is -0.326. The van der Waals surface area contributed by atoms with Crippen molar-refractivity contribution in [1.82, 2.24) is 20.1 Å². The quantitative estimate of drug-likeness (QED) is 0.759. The van der Waals surface area contributed by atoms with Gasteiger partial charge in [0.1, 0.15) is 6.26 Å². The number of carbonyl (C=O) groups excluding carboxylic acids is 1. The van der Waals surface area contributed by atoms with Crippen molar-refractivity contribution in [3.63, 3.8) is 0 Å². The van der Waals surface area contributed by atoms with Gasteiger partial charge < -0.3 is 9.73 Å². The SMILES string of the molecule is O=C(NCCCn1cccn1)Nc1ncco1. The standard InChI is InChI=1S/C10H13N5O2/c16-9(14-10-12-5-8-17-10)11-3-1-6-15-7-2-4-13-15/h2,4-5,7-8H,1,3,6H2,(H2,11,12,14,16). The third-order valence-electron chi connectivity index (χ3n) is 2.06. The van der Waals surface area contributed by atoms with Gasteiger partial charge in [0.2, 0.25) is 0 Å². The first-order chi connectivity index (χ1) is 8.34. The zero-order chi connectivity index (χ0) is 11.9. The average molecular weight is 235 g/mol. The third-order valence-corrected chi connectivity index (χ3v) is 2.06. The summed E-state index contributed by atoms with van der Waals surface area (Å²) in [4.78, 5) is 15.1. The summed E-state index contributed by atoms with van der Waals surface area (Å²) in [7, 11) is 0. The Morgan fingerprint density at radius 2 is 2.41 bits per heavy atom. The van der Waals surface area contributed by atoms with Crippen molar-refractivity contribution in [3.05, 3.63) is 30.9 Å². The number of oxazole rings is 1. The van der Waals surface area contributed by atoms with E-state index in [0.29, 0.717) is 6.54 Å². The van der Waals surface area contributed by atoms with Gasteiger partial charge in [0.05, 0.1) is 6.20 Å². The number of anilines is 1. The lowest BCUT2D eigenvalue weighted by Crippen LogP contribution is -2.30. The highest BCUT2D eigenvalue weighted by molar-refractivity contribution is 5.86. The number of nitrogens with zero attached hydrogens (tertiary/aromatic N) is 3. The fourth-order valence-corrected chi connectivity index (χ4v) is 1.30. The Balaban J connectivity index is 1.60. The topological polar surface area (TPSA) is 85.0 Å². The van der Waals surface area contributed by atoms with Crippen molar-refractivity contribution in [1.29, 1.82) is 0 Å². The van der Waals surface area contributed by atoms with E-state index in [1.807, 2.05) is 16.9 Å². The highest BCUT2D eigenvalue weighted by Gasteiger charge is 2.03. The monoisotopic (exact) mass is 235 g/mol. The van der Waals surface area contributed by atoms with Gasteiger partial charge in [0.15, 0.2) is 0 Å². The Labute approximate surface area is 97.8 Å². The molecule has 0 aromatic carbocycles. The van der Waals surface area contributed by atoms with Crippen molar-refractivity contribution in [2.45, 2.75) is 13.0 Å². The Hall–Kier alpha value is -2.31. The number of rotatable bonds is 5. The van der Waals surface area contributed by atoms with E-state index in [1.165, 1.54) is 12.5 Å². The molecular formula is C10H13N5O2. The van der Waals surface area contributed by atoms with Crippen molar-refractivity contribution in [2.75, 3.05) is 11.9 Å². The van der Waals surface area contributed by atoms with Crippen molar-refractivity contribution in [2.24, 2.45) is 0 Å². The summed E-state index contributed by atoms with van der Waals surface area (Å²) in [6.07, 6.45) is 7.27. The molecule has 7 nitrogen and oxygen atoms in total. The van der Waals surface area contributed by atoms with Gasteiger partial charge in [-0.1, -0.05) is 0 Å². The molecule has 7 heteroatoms. The molecule has 2 rings (SSSR count). The molecule has 0 aliphatic rings. The molecule has 0 aliphatic carbocycles. The Morgan fingerprint density at radius 3 is 3.12 bits per heavy atom. The number of amides is 2. The largest absolute Gasteiger partial charge is 0.432 e. The lowest BCUT2D eigenvalue weighted by Gasteiger charge is -2.04. The smallest absolute Gasteiger partial charge is 0.322 e. The first-order valence-corrected chi connectivity index (χ1v) is 5.26. The number of carbonyl (C=O) groups is 1. The van der Waals surface area contributed by atoms with Gasteiger partial charge in [-0.25, -0.2) is 9.78 Å². The second-order valence-electron chi connectivity index (χ2n) is 3.34. The summed E-state index contributed by atoms with van der Waals surface area (Å²) in [5.74, 6) is 0. The molecule has 0 bridgehead atoms. The van der Waals surface area contributed by atoms with Crippen LogP contribution in [0.5, 0.6) is 0 Å². The fraction of sp³-hybridized carbons (Fsp3) is 0.300. The number of hydrogen-bond donors (Lipinski definition) is 2. The molecule has 2 heterocycles. The van der Waals surface area contributed by atoms with Crippen LogP contribution in [-0.4, -0.2) is 27.3 Å². The van der Waals surface area contributed by atoms with Crippen LogP contribution >= 0.6 is 0 Å². The Bertz CT molecular complexity index is 437. The van der Waals surface area contributed by atoms with Crippen LogP contribution in [0, 0.1) is 0 Å². The van der Waals surface area contributed by atoms with Gasteiger partial charge in [-0.15, -0.1) is 0 Å². The average Bonchev–Trinajstić information content (AvgIpc) is 2.96. The number of aryl methyl sites for hydroxylation is 1. The van der Waals surface area contributed by atoms with Crippen LogP contribution in [-0.2, 0) is 6.54 Å². The van der Waals surface area contributed by atoms with Gasteiger partial charge in [0, 0.05) is 25.5 Å². The van der Waals surface area contributed by atoms with Crippen molar-refractivity contribution in [3.8, 4) is 0 Å². The summed E-state index contributed by atoms with van der Waals surface area (Å²) in [6.45, 7) is 1.33. The number of nitrogens with one attached hydrogen (secondary N) is 2. The number of urea groups is 1. The molecule has 0 aliphatic heterocycles. The maximum absolute atomic E-state index is 11.3. The van der Waals surface area contributed by atoms with E-state index in [0.717, 1.165) is 13.0 Å². The van der Waals surface area contributed by atoms with Gasteiger partial charge in [0.25, 0.3) is 0 Å². The highest BCUT2D eigenvalue weighted by Crippen LogP contribution is 1.99. The second kappa shape index (κ2) is 5.69. The lowest BCUT2D eigenvalue weighted by molar-refractivity contribution is 0.251. The van der Waals surface area contributed by atoms with E-state index in [-0.39, 0.29) is 12.0 Å². The van der Waals surface area contributed by atoms with Gasteiger partial charge in [-0.3, -0.25) is 10.00 Å². The molecule has 2 aromatic heterocycles. The van der Waals surface area contributed by atoms with Gasteiger partial charge in [-0.2, -0.15) is 5.10 Å². The maximum atomic E-state index is 11.3. The second-order valence-corrected chi connectivity index (χ2v) is 3.34. The van der Waals surface area contributed by atoms with Crippen molar-refractivity contribution < 1.29 is 9.21 Å². The van der Waals surface area contributed by atoms with E-state index in [4.69, 9.17) is 4.42 Å². The summed E-state index contributed by atoms with van der Waals surface area (Å²) >= 11 is 0. The molecule has 0 saturated heterocycles. The number of hydrogen-bond acceptors (Lipinski definition) is 4. The first kappa shape index (κ1) is 11.2. The molecule has 0 fully saturated rings. The molecule has 0 saturated carbocycles. The predicted octanol–water partition coefficient (Wildman–Crippen LogP) is 1.08. The predicted molar refractivity (Wildman–Crippen MR) is 60.4 cm³/mol. The molecule has 0 unspecified atom stereocenters. The van der Waals surface area contributed by atoms with Crippen LogP contribution in [0.3, 0.4) is 0 Å². The minimum Gasteiger partial charge on any atom is -0.432 e. The van der Waals surface area contributed by atoms with E-state index in [9.17, 15) is 4.79 Å². The fourth-order valence-electron chi connectivity index (χ4n) is 1.30. The van der Waals surface area contributed by atoms with Crippen LogP contribution in [0.25, 0.3) is 0 Å². The number of aromatic nitrogens is 3. The summed E-state index contributed by atoms with van der Waals surface area (Å²) in [5.41, 5.74) is 0. The van der Waals surface area contributed by atoms with E-state index in [1.54, 1.807) is 6.20 Å². The lowest BCUT2D eigenvalue weighted by atomic mass is 10.4. The van der Waals surface area contributed by atoms with E-state index < -0.39 is 0 Å². The van der Waals surface area contributed by atoms with Crippen LogP contribution < -0.4 is 10.6 Å². The Kier molecular flexibility index (Phi) is 3.74. The van der Waals surface area contributed by atoms with E-state index in [2.05, 4.69) is 20.7 Å².